The van der Waals surface area contributed by atoms with E-state index in [4.69, 9.17) is 4.74 Å². The Hall–Kier alpha value is -2.04. The molecule has 1 aliphatic heterocycles. The molecular formula is C17H23NO4. The van der Waals surface area contributed by atoms with Crippen LogP contribution in [0.5, 0.6) is 5.75 Å². The molecule has 0 spiro atoms. The first-order chi connectivity index (χ1) is 10.6. The maximum absolute atomic E-state index is 12.3. The molecule has 0 radical (unpaired) electrons. The van der Waals surface area contributed by atoms with E-state index in [0.717, 1.165) is 18.4 Å². The van der Waals surface area contributed by atoms with Crippen molar-refractivity contribution in [2.45, 2.75) is 38.6 Å². The van der Waals surface area contributed by atoms with Crippen LogP contribution in [-0.2, 0) is 9.59 Å². The fourth-order valence-electron chi connectivity index (χ4n) is 3.10. The van der Waals surface area contributed by atoms with Crippen LogP contribution in [0.2, 0.25) is 0 Å². The molecule has 2 rings (SSSR count). The van der Waals surface area contributed by atoms with Gasteiger partial charge in [0.2, 0.25) is 5.91 Å². The number of hydrogen-bond donors (Lipinski definition) is 1. The lowest BCUT2D eigenvalue weighted by atomic mass is 9.83. The second-order valence-electron chi connectivity index (χ2n) is 5.61. The summed E-state index contributed by atoms with van der Waals surface area (Å²) >= 11 is 0. The highest BCUT2D eigenvalue weighted by Crippen LogP contribution is 2.40. The number of para-hydroxylation sites is 1. The first kappa shape index (κ1) is 16.3. The van der Waals surface area contributed by atoms with Gasteiger partial charge in [-0.2, -0.15) is 0 Å². The van der Waals surface area contributed by atoms with Crippen molar-refractivity contribution in [2.75, 3.05) is 13.7 Å². The first-order valence-corrected chi connectivity index (χ1v) is 7.75. The Kier molecular flexibility index (Phi) is 5.41. The molecule has 0 bridgehead atoms. The van der Waals surface area contributed by atoms with E-state index in [1.165, 1.54) is 0 Å². The highest BCUT2D eigenvalue weighted by molar-refractivity contribution is 5.82. The number of carbonyl (C=O) groups is 2. The molecule has 5 nitrogen and oxygen atoms in total. The minimum Gasteiger partial charge on any atom is -0.496 e. The van der Waals surface area contributed by atoms with Crippen molar-refractivity contribution in [3.8, 4) is 5.75 Å². The molecule has 120 valence electrons. The van der Waals surface area contributed by atoms with Gasteiger partial charge in [-0.25, -0.2) is 0 Å². The Labute approximate surface area is 130 Å². The van der Waals surface area contributed by atoms with Crippen LogP contribution in [0.25, 0.3) is 0 Å². The number of methoxy groups -OCH3 is 1. The van der Waals surface area contributed by atoms with Gasteiger partial charge >= 0.3 is 5.97 Å². The fourth-order valence-corrected chi connectivity index (χ4v) is 3.10. The zero-order valence-corrected chi connectivity index (χ0v) is 13.1. The number of carbonyl (C=O) groups excluding carboxylic acids is 1. The van der Waals surface area contributed by atoms with Crippen LogP contribution in [0.15, 0.2) is 24.3 Å². The number of carboxylic acids is 1. The first-order valence-electron chi connectivity index (χ1n) is 7.75. The van der Waals surface area contributed by atoms with Crippen molar-refractivity contribution >= 4 is 11.9 Å². The predicted octanol–water partition coefficient (Wildman–Crippen LogP) is 2.86. The second-order valence-corrected chi connectivity index (χ2v) is 5.61. The molecule has 1 aromatic rings. The summed E-state index contributed by atoms with van der Waals surface area (Å²) in [5.41, 5.74) is 0.779. The highest BCUT2D eigenvalue weighted by atomic mass is 16.5. The van der Waals surface area contributed by atoms with Crippen LogP contribution in [-0.4, -0.2) is 35.5 Å². The molecule has 0 aromatic heterocycles. The summed E-state index contributed by atoms with van der Waals surface area (Å²) in [5.74, 6) is -0.785. The van der Waals surface area contributed by atoms with Gasteiger partial charge in [0.15, 0.2) is 0 Å². The standard InChI is InChI=1S/C17H23NO4/c1-3-4-11-18-15(19)10-9-13(17(20)21)16(18)12-7-5-6-8-14(12)22-2/h5-8,13,16H,3-4,9-11H2,1-2H3,(H,20,21)/t13-,16+/m1/s1. The third-order valence-corrected chi connectivity index (χ3v) is 4.23. The highest BCUT2D eigenvalue weighted by Gasteiger charge is 2.41. The predicted molar refractivity (Wildman–Crippen MR) is 82.7 cm³/mol. The SMILES string of the molecule is CCCCN1C(=O)CC[C@@H](C(=O)O)[C@@H]1c1ccccc1OC. The lowest BCUT2D eigenvalue weighted by molar-refractivity contribution is -0.152. The maximum atomic E-state index is 12.3. The van der Waals surface area contributed by atoms with E-state index in [1.54, 1.807) is 12.0 Å². The molecule has 5 heteroatoms. The van der Waals surface area contributed by atoms with Gasteiger partial charge in [0.05, 0.1) is 19.1 Å². The number of hydrogen-bond acceptors (Lipinski definition) is 3. The van der Waals surface area contributed by atoms with Crippen molar-refractivity contribution in [2.24, 2.45) is 5.92 Å². The minimum atomic E-state index is -0.857. The van der Waals surface area contributed by atoms with Crippen molar-refractivity contribution in [1.82, 2.24) is 4.90 Å². The van der Waals surface area contributed by atoms with Gasteiger partial charge in [-0.05, 0) is 18.9 Å². The molecule has 1 saturated heterocycles. The zero-order valence-electron chi connectivity index (χ0n) is 13.1. The van der Waals surface area contributed by atoms with E-state index in [-0.39, 0.29) is 5.91 Å². The normalized spacial score (nSPS) is 21.7. The maximum Gasteiger partial charge on any atom is 0.308 e. The Bertz CT molecular complexity index is 543. The van der Waals surface area contributed by atoms with Gasteiger partial charge < -0.3 is 14.7 Å². The molecule has 1 aromatic carbocycles. The zero-order chi connectivity index (χ0) is 16.1. The quantitative estimate of drug-likeness (QED) is 0.877. The minimum absolute atomic E-state index is 0.0295. The van der Waals surface area contributed by atoms with Crippen LogP contribution in [0.4, 0.5) is 0 Å². The molecule has 0 unspecified atom stereocenters. The summed E-state index contributed by atoms with van der Waals surface area (Å²) in [5, 5.41) is 9.58. The smallest absolute Gasteiger partial charge is 0.308 e. The Morgan fingerprint density at radius 1 is 1.41 bits per heavy atom. The van der Waals surface area contributed by atoms with Gasteiger partial charge in [-0.1, -0.05) is 31.5 Å². The summed E-state index contributed by atoms with van der Waals surface area (Å²) in [6.45, 7) is 2.64. The third-order valence-electron chi connectivity index (χ3n) is 4.23. The number of amides is 1. The largest absolute Gasteiger partial charge is 0.496 e. The monoisotopic (exact) mass is 305 g/mol. The molecule has 1 amide bonds. The lowest BCUT2D eigenvalue weighted by Crippen LogP contribution is -2.45. The van der Waals surface area contributed by atoms with E-state index < -0.39 is 17.9 Å². The third kappa shape index (κ3) is 3.24. The summed E-state index contributed by atoms with van der Waals surface area (Å²) in [6, 6.07) is 6.91. The van der Waals surface area contributed by atoms with Gasteiger partial charge in [-0.3, -0.25) is 9.59 Å². The van der Waals surface area contributed by atoms with E-state index in [0.29, 0.717) is 25.1 Å². The Morgan fingerprint density at radius 3 is 2.77 bits per heavy atom. The van der Waals surface area contributed by atoms with Crippen molar-refractivity contribution in [3.05, 3.63) is 29.8 Å². The number of aliphatic carboxylic acids is 1. The molecule has 22 heavy (non-hydrogen) atoms. The van der Waals surface area contributed by atoms with Crippen LogP contribution in [0, 0.1) is 5.92 Å². The molecular weight excluding hydrogens is 282 g/mol. The van der Waals surface area contributed by atoms with Gasteiger partial charge in [0.1, 0.15) is 5.75 Å². The number of unbranched alkanes of at least 4 members (excludes halogenated alkanes) is 1. The van der Waals surface area contributed by atoms with E-state index >= 15 is 0 Å². The van der Waals surface area contributed by atoms with E-state index in [2.05, 4.69) is 6.92 Å². The average Bonchev–Trinajstić information content (AvgIpc) is 2.53. The number of likely N-dealkylation sites (tertiary alicyclic amines) is 1. The molecule has 2 atom stereocenters. The lowest BCUT2D eigenvalue weighted by Gasteiger charge is -2.40. The van der Waals surface area contributed by atoms with E-state index in [1.807, 2.05) is 24.3 Å². The number of piperidine rings is 1. The van der Waals surface area contributed by atoms with Crippen molar-refractivity contribution < 1.29 is 19.4 Å². The van der Waals surface area contributed by atoms with E-state index in [9.17, 15) is 14.7 Å². The van der Waals surface area contributed by atoms with Gasteiger partial charge in [-0.15, -0.1) is 0 Å². The second kappa shape index (κ2) is 7.29. The summed E-state index contributed by atoms with van der Waals surface area (Å²) in [4.78, 5) is 25.8. The van der Waals surface area contributed by atoms with Crippen LogP contribution < -0.4 is 4.74 Å². The molecule has 1 N–H and O–H groups in total. The number of nitrogens with zero attached hydrogens (tertiary/aromatic N) is 1. The van der Waals surface area contributed by atoms with Crippen molar-refractivity contribution in [3.63, 3.8) is 0 Å². The summed E-state index contributed by atoms with van der Waals surface area (Å²) in [6.07, 6.45) is 2.50. The number of ether oxygens (including phenoxy) is 1. The average molecular weight is 305 g/mol. The molecule has 1 heterocycles. The van der Waals surface area contributed by atoms with Crippen LogP contribution in [0.3, 0.4) is 0 Å². The fraction of sp³-hybridized carbons (Fsp3) is 0.529. The number of carboxylic acid groups (broad SMARTS) is 1. The Morgan fingerprint density at radius 2 is 2.14 bits per heavy atom. The molecule has 0 saturated carbocycles. The number of rotatable bonds is 6. The topological polar surface area (TPSA) is 66.8 Å². The van der Waals surface area contributed by atoms with Crippen LogP contribution in [0.1, 0.15) is 44.2 Å². The summed E-state index contributed by atoms with van der Waals surface area (Å²) in [7, 11) is 1.57. The van der Waals surface area contributed by atoms with Gasteiger partial charge in [0.25, 0.3) is 0 Å². The number of benzene rings is 1. The molecule has 1 fully saturated rings. The molecule has 1 aliphatic rings. The van der Waals surface area contributed by atoms with Crippen LogP contribution >= 0.6 is 0 Å². The van der Waals surface area contributed by atoms with Gasteiger partial charge in [0, 0.05) is 18.5 Å². The Balaban J connectivity index is 2.44. The van der Waals surface area contributed by atoms with Crippen molar-refractivity contribution in [1.29, 1.82) is 0 Å². The summed E-state index contributed by atoms with van der Waals surface area (Å²) < 4.78 is 5.38. The molecule has 0 aliphatic carbocycles.